The van der Waals surface area contributed by atoms with Gasteiger partial charge in [0.15, 0.2) is 0 Å². The van der Waals surface area contributed by atoms with E-state index in [-0.39, 0.29) is 5.82 Å². The number of rotatable bonds is 6. The van der Waals surface area contributed by atoms with Gasteiger partial charge in [-0.15, -0.1) is 0 Å². The third kappa shape index (κ3) is 3.98. The lowest BCUT2D eigenvalue weighted by Crippen LogP contribution is -2.31. The van der Waals surface area contributed by atoms with Crippen molar-refractivity contribution >= 4 is 0 Å². The van der Waals surface area contributed by atoms with Crippen LogP contribution >= 0.6 is 0 Å². The molecule has 1 N–H and O–H groups in total. The van der Waals surface area contributed by atoms with Gasteiger partial charge in [-0.25, -0.2) is 9.07 Å². The zero-order valence-electron chi connectivity index (χ0n) is 13.6. The molecule has 1 aliphatic rings. The minimum absolute atomic E-state index is 0.237. The second kappa shape index (κ2) is 6.81. The van der Waals surface area contributed by atoms with Gasteiger partial charge < -0.3 is 10.0 Å². The second-order valence-corrected chi connectivity index (χ2v) is 6.64. The summed E-state index contributed by atoms with van der Waals surface area (Å²) in [5.41, 5.74) is 1.29. The third-order valence-corrected chi connectivity index (χ3v) is 4.73. The molecule has 1 heterocycles. The number of benzene rings is 1. The van der Waals surface area contributed by atoms with Gasteiger partial charge in [-0.05, 0) is 56.1 Å². The Morgan fingerprint density at radius 3 is 2.83 bits per heavy atom. The number of hydrogen-bond acceptors (Lipinski definition) is 3. The van der Waals surface area contributed by atoms with Gasteiger partial charge in [0.25, 0.3) is 0 Å². The fraction of sp³-hybridized carbons (Fsp3) is 0.500. The number of nitrogens with zero attached hydrogens (tertiary/aromatic N) is 3. The van der Waals surface area contributed by atoms with E-state index in [2.05, 4.69) is 10.00 Å². The predicted octanol–water partition coefficient (Wildman–Crippen LogP) is 3.14. The van der Waals surface area contributed by atoms with Gasteiger partial charge in [-0.1, -0.05) is 12.8 Å². The predicted molar refractivity (Wildman–Crippen MR) is 87.9 cm³/mol. The zero-order chi connectivity index (χ0) is 16.3. The maximum absolute atomic E-state index is 13.6. The average Bonchev–Trinajstić information content (AvgIpc) is 3.18. The quantitative estimate of drug-likeness (QED) is 0.890. The summed E-state index contributed by atoms with van der Waals surface area (Å²) < 4.78 is 15.4. The molecule has 0 saturated heterocycles. The zero-order valence-corrected chi connectivity index (χ0v) is 13.6. The Morgan fingerprint density at radius 2 is 2.13 bits per heavy atom. The molecule has 0 radical (unpaired) electrons. The normalized spacial score (nSPS) is 17.0. The largest absolute Gasteiger partial charge is 0.390 e. The van der Waals surface area contributed by atoms with Crippen LogP contribution in [0.5, 0.6) is 0 Å². The molecule has 124 valence electrons. The van der Waals surface area contributed by atoms with Crippen LogP contribution in [0.3, 0.4) is 0 Å². The van der Waals surface area contributed by atoms with E-state index < -0.39 is 5.60 Å². The standard InChI is InChI=1S/C18H24FN3O/c1-21(12-9-18(23)7-2-3-8-18)14-15-13-16(19)5-6-17(15)22-11-4-10-20-22/h4-6,10-11,13,23H,2-3,7-9,12,14H2,1H3. The van der Waals surface area contributed by atoms with E-state index in [0.29, 0.717) is 6.54 Å². The van der Waals surface area contributed by atoms with Crippen molar-refractivity contribution in [1.82, 2.24) is 14.7 Å². The maximum Gasteiger partial charge on any atom is 0.123 e. The van der Waals surface area contributed by atoms with Gasteiger partial charge in [0, 0.05) is 25.5 Å². The molecule has 0 spiro atoms. The monoisotopic (exact) mass is 317 g/mol. The minimum Gasteiger partial charge on any atom is -0.390 e. The highest BCUT2D eigenvalue weighted by molar-refractivity contribution is 5.40. The molecule has 0 atom stereocenters. The highest BCUT2D eigenvalue weighted by Gasteiger charge is 2.30. The average molecular weight is 317 g/mol. The molecule has 1 fully saturated rings. The van der Waals surface area contributed by atoms with Crippen molar-refractivity contribution in [3.63, 3.8) is 0 Å². The third-order valence-electron chi connectivity index (χ3n) is 4.73. The number of halogens is 1. The highest BCUT2D eigenvalue weighted by atomic mass is 19.1. The van der Waals surface area contributed by atoms with Gasteiger partial charge in [0.1, 0.15) is 5.82 Å². The lowest BCUT2D eigenvalue weighted by molar-refractivity contribution is 0.0297. The van der Waals surface area contributed by atoms with Crippen molar-refractivity contribution in [1.29, 1.82) is 0 Å². The first kappa shape index (κ1) is 16.1. The molecule has 2 aromatic rings. The SMILES string of the molecule is CN(CCC1(O)CCCC1)Cc1cc(F)ccc1-n1cccn1. The molecule has 3 rings (SSSR count). The van der Waals surface area contributed by atoms with Crippen LogP contribution in [0.4, 0.5) is 4.39 Å². The van der Waals surface area contributed by atoms with Crippen molar-refractivity contribution in [2.75, 3.05) is 13.6 Å². The van der Waals surface area contributed by atoms with E-state index in [0.717, 1.165) is 49.9 Å². The van der Waals surface area contributed by atoms with Crippen LogP contribution in [0.25, 0.3) is 5.69 Å². The molecular formula is C18H24FN3O. The lowest BCUT2D eigenvalue weighted by atomic mass is 9.98. The van der Waals surface area contributed by atoms with Gasteiger partial charge in [-0.2, -0.15) is 5.10 Å². The first-order valence-corrected chi connectivity index (χ1v) is 8.25. The molecule has 1 aromatic heterocycles. The van der Waals surface area contributed by atoms with Gasteiger partial charge in [0.05, 0.1) is 11.3 Å². The number of aliphatic hydroxyl groups is 1. The maximum atomic E-state index is 13.6. The molecule has 1 saturated carbocycles. The van der Waals surface area contributed by atoms with Crippen molar-refractivity contribution in [2.24, 2.45) is 0 Å². The Hall–Kier alpha value is -1.72. The van der Waals surface area contributed by atoms with Gasteiger partial charge in [-0.3, -0.25) is 0 Å². The molecule has 23 heavy (non-hydrogen) atoms. The molecule has 0 aliphatic heterocycles. The molecular weight excluding hydrogens is 293 g/mol. The van der Waals surface area contributed by atoms with Crippen LogP contribution in [-0.4, -0.2) is 39.0 Å². The second-order valence-electron chi connectivity index (χ2n) is 6.64. The molecule has 1 aromatic carbocycles. The highest BCUT2D eigenvalue weighted by Crippen LogP contribution is 2.32. The van der Waals surface area contributed by atoms with E-state index in [9.17, 15) is 9.50 Å². The molecule has 5 heteroatoms. The Balaban J connectivity index is 1.68. The first-order chi connectivity index (χ1) is 11.1. The molecule has 0 unspecified atom stereocenters. The van der Waals surface area contributed by atoms with E-state index in [1.54, 1.807) is 23.0 Å². The summed E-state index contributed by atoms with van der Waals surface area (Å²) in [5, 5.41) is 14.7. The van der Waals surface area contributed by atoms with Crippen molar-refractivity contribution in [3.05, 3.63) is 48.0 Å². The van der Waals surface area contributed by atoms with Crippen molar-refractivity contribution in [2.45, 2.75) is 44.2 Å². The van der Waals surface area contributed by atoms with Crippen molar-refractivity contribution < 1.29 is 9.50 Å². The van der Waals surface area contributed by atoms with Crippen LogP contribution in [0.1, 0.15) is 37.7 Å². The van der Waals surface area contributed by atoms with Crippen LogP contribution < -0.4 is 0 Å². The molecule has 0 amide bonds. The van der Waals surface area contributed by atoms with E-state index in [1.165, 1.54) is 6.07 Å². The van der Waals surface area contributed by atoms with Crippen molar-refractivity contribution in [3.8, 4) is 5.69 Å². The topological polar surface area (TPSA) is 41.3 Å². The van der Waals surface area contributed by atoms with Crippen LogP contribution in [0.2, 0.25) is 0 Å². The lowest BCUT2D eigenvalue weighted by Gasteiger charge is -2.26. The summed E-state index contributed by atoms with van der Waals surface area (Å²) in [5.74, 6) is -0.237. The molecule has 0 bridgehead atoms. The fourth-order valence-electron chi connectivity index (χ4n) is 3.37. The van der Waals surface area contributed by atoms with Crippen LogP contribution in [0.15, 0.2) is 36.7 Å². The molecule has 4 nitrogen and oxygen atoms in total. The minimum atomic E-state index is -0.499. The Bertz CT molecular complexity index is 636. The van der Waals surface area contributed by atoms with E-state index >= 15 is 0 Å². The Labute approximate surface area is 136 Å². The summed E-state index contributed by atoms with van der Waals surface area (Å²) in [6, 6.07) is 6.64. The summed E-state index contributed by atoms with van der Waals surface area (Å²) in [7, 11) is 2.01. The van der Waals surface area contributed by atoms with Gasteiger partial charge in [0.2, 0.25) is 0 Å². The van der Waals surface area contributed by atoms with E-state index in [1.807, 2.05) is 19.3 Å². The summed E-state index contributed by atoms with van der Waals surface area (Å²) in [6.45, 7) is 1.43. The number of aromatic nitrogens is 2. The van der Waals surface area contributed by atoms with Crippen LogP contribution in [-0.2, 0) is 6.54 Å². The molecule has 1 aliphatic carbocycles. The van der Waals surface area contributed by atoms with E-state index in [4.69, 9.17) is 0 Å². The summed E-state index contributed by atoms with van der Waals surface area (Å²) in [6.07, 6.45) is 8.39. The summed E-state index contributed by atoms with van der Waals surface area (Å²) in [4.78, 5) is 2.14. The summed E-state index contributed by atoms with van der Waals surface area (Å²) >= 11 is 0. The van der Waals surface area contributed by atoms with Crippen LogP contribution in [0, 0.1) is 5.82 Å². The Kier molecular flexibility index (Phi) is 4.78. The smallest absolute Gasteiger partial charge is 0.123 e. The van der Waals surface area contributed by atoms with Gasteiger partial charge >= 0.3 is 0 Å². The Morgan fingerprint density at radius 1 is 1.35 bits per heavy atom. The first-order valence-electron chi connectivity index (χ1n) is 8.25. The number of hydrogen-bond donors (Lipinski definition) is 1. The fourth-order valence-corrected chi connectivity index (χ4v) is 3.37.